The van der Waals surface area contributed by atoms with Crippen molar-refractivity contribution < 1.29 is 27.8 Å². The van der Waals surface area contributed by atoms with E-state index in [4.69, 9.17) is 15.6 Å². The number of nitrogens with two attached hydrogens (primary N) is 1. The molecule has 2 aromatic heterocycles. The van der Waals surface area contributed by atoms with Crippen LogP contribution in [0, 0.1) is 5.92 Å². The molecule has 4 N–H and O–H groups in total. The normalized spacial score (nSPS) is 13.4. The standard InChI is InChI=1S/C19H23F3N4O3/c1-11(2)8-19(23,9-20)10-29-14-4-3-13(25-16(14)17(21)22)12-5-6-24-15(7-12)26-18(27)28/h3-7,11,17H,8-10,23H2,1-2H3,(H,24,26)(H,27,28). The van der Waals surface area contributed by atoms with Gasteiger partial charge >= 0.3 is 6.09 Å². The molecule has 2 rings (SSSR count). The number of hydrogen-bond donors (Lipinski definition) is 3. The van der Waals surface area contributed by atoms with Gasteiger partial charge in [0.05, 0.1) is 11.2 Å². The van der Waals surface area contributed by atoms with Crippen molar-refractivity contribution in [2.45, 2.75) is 32.2 Å². The molecule has 0 fully saturated rings. The third-order valence-corrected chi connectivity index (χ3v) is 3.98. The predicted octanol–water partition coefficient (Wildman–Crippen LogP) is 4.26. The van der Waals surface area contributed by atoms with E-state index in [-0.39, 0.29) is 29.8 Å². The van der Waals surface area contributed by atoms with Crippen molar-refractivity contribution in [3.05, 3.63) is 36.2 Å². The van der Waals surface area contributed by atoms with E-state index in [0.717, 1.165) is 0 Å². The number of carboxylic acid groups (broad SMARTS) is 1. The second-order valence-electron chi connectivity index (χ2n) is 7.12. The first-order valence-electron chi connectivity index (χ1n) is 8.86. The number of pyridine rings is 2. The molecule has 7 nitrogen and oxygen atoms in total. The lowest BCUT2D eigenvalue weighted by atomic mass is 9.92. The molecule has 0 bridgehead atoms. The summed E-state index contributed by atoms with van der Waals surface area (Å²) < 4.78 is 45.8. The van der Waals surface area contributed by atoms with Gasteiger partial charge in [0.1, 0.15) is 30.5 Å². The van der Waals surface area contributed by atoms with Crippen molar-refractivity contribution in [3.8, 4) is 17.0 Å². The molecule has 0 saturated heterocycles. The lowest BCUT2D eigenvalue weighted by Crippen LogP contribution is -2.49. The van der Waals surface area contributed by atoms with Crippen LogP contribution >= 0.6 is 0 Å². The molecule has 0 aliphatic heterocycles. The van der Waals surface area contributed by atoms with E-state index in [1.807, 2.05) is 13.8 Å². The highest BCUT2D eigenvalue weighted by molar-refractivity contribution is 5.82. The first-order valence-corrected chi connectivity index (χ1v) is 8.86. The average molecular weight is 412 g/mol. The minimum Gasteiger partial charge on any atom is -0.489 e. The third kappa shape index (κ3) is 6.31. The zero-order chi connectivity index (χ0) is 21.6. The molecule has 0 aromatic carbocycles. The van der Waals surface area contributed by atoms with Crippen LogP contribution in [-0.4, -0.2) is 40.0 Å². The van der Waals surface area contributed by atoms with Gasteiger partial charge in [-0.3, -0.25) is 5.32 Å². The summed E-state index contributed by atoms with van der Waals surface area (Å²) >= 11 is 0. The van der Waals surface area contributed by atoms with E-state index in [1.165, 1.54) is 30.5 Å². The number of alkyl halides is 3. The van der Waals surface area contributed by atoms with E-state index in [2.05, 4.69) is 15.3 Å². The number of aromatic nitrogens is 2. The van der Waals surface area contributed by atoms with Gasteiger partial charge in [-0.1, -0.05) is 13.8 Å². The fraction of sp³-hybridized carbons (Fsp3) is 0.421. The number of nitrogens with zero attached hydrogens (tertiary/aromatic N) is 2. The van der Waals surface area contributed by atoms with Crippen LogP contribution in [0.5, 0.6) is 5.75 Å². The van der Waals surface area contributed by atoms with Gasteiger partial charge in [-0.05, 0) is 36.6 Å². The molecule has 29 heavy (non-hydrogen) atoms. The van der Waals surface area contributed by atoms with Crippen molar-refractivity contribution in [3.63, 3.8) is 0 Å². The van der Waals surface area contributed by atoms with Crippen LogP contribution in [0.15, 0.2) is 30.5 Å². The van der Waals surface area contributed by atoms with Crippen molar-refractivity contribution >= 4 is 11.9 Å². The molecule has 1 atom stereocenters. The maximum atomic E-state index is 13.5. The van der Waals surface area contributed by atoms with E-state index >= 15 is 0 Å². The van der Waals surface area contributed by atoms with Gasteiger partial charge < -0.3 is 15.6 Å². The molecule has 0 aliphatic carbocycles. The summed E-state index contributed by atoms with van der Waals surface area (Å²) in [6, 6.07) is 5.62. The highest BCUT2D eigenvalue weighted by atomic mass is 19.3. The minimum absolute atomic E-state index is 0.0280. The summed E-state index contributed by atoms with van der Waals surface area (Å²) in [5.41, 5.74) is 4.64. The predicted molar refractivity (Wildman–Crippen MR) is 102 cm³/mol. The Morgan fingerprint density at radius 1 is 1.34 bits per heavy atom. The van der Waals surface area contributed by atoms with Crippen LogP contribution in [0.1, 0.15) is 32.4 Å². The number of nitrogens with one attached hydrogen (secondary N) is 1. The molecule has 2 aromatic rings. The highest BCUT2D eigenvalue weighted by Gasteiger charge is 2.28. The van der Waals surface area contributed by atoms with Gasteiger partial charge in [0.15, 0.2) is 0 Å². The second-order valence-corrected chi connectivity index (χ2v) is 7.12. The van der Waals surface area contributed by atoms with Crippen LogP contribution in [0.2, 0.25) is 0 Å². The Balaban J connectivity index is 2.28. The summed E-state index contributed by atoms with van der Waals surface area (Å²) in [5, 5.41) is 10.8. The average Bonchev–Trinajstić information content (AvgIpc) is 2.65. The van der Waals surface area contributed by atoms with Crippen LogP contribution in [0.4, 0.5) is 23.8 Å². The first kappa shape index (κ1) is 22.4. The Bertz CT molecular complexity index is 851. The molecular formula is C19H23F3N4O3. The largest absolute Gasteiger partial charge is 0.489 e. The maximum Gasteiger partial charge on any atom is 0.410 e. The Hall–Kier alpha value is -2.88. The Kier molecular flexibility index (Phi) is 7.38. The van der Waals surface area contributed by atoms with Crippen molar-refractivity contribution in [2.75, 3.05) is 18.6 Å². The van der Waals surface area contributed by atoms with E-state index in [0.29, 0.717) is 12.0 Å². The summed E-state index contributed by atoms with van der Waals surface area (Å²) in [6.07, 6.45) is -2.59. The molecule has 2 heterocycles. The molecular weight excluding hydrogens is 389 g/mol. The summed E-state index contributed by atoms with van der Waals surface area (Å²) in [7, 11) is 0. The Labute approximate surface area is 166 Å². The van der Waals surface area contributed by atoms with Gasteiger partial charge in [-0.15, -0.1) is 0 Å². The van der Waals surface area contributed by atoms with E-state index in [1.54, 1.807) is 0 Å². The number of rotatable bonds is 9. The topological polar surface area (TPSA) is 110 Å². The lowest BCUT2D eigenvalue weighted by molar-refractivity contribution is 0.127. The fourth-order valence-electron chi connectivity index (χ4n) is 2.86. The van der Waals surface area contributed by atoms with Crippen LogP contribution < -0.4 is 15.8 Å². The van der Waals surface area contributed by atoms with Gasteiger partial charge in [0, 0.05) is 11.8 Å². The van der Waals surface area contributed by atoms with Crippen LogP contribution in [0.3, 0.4) is 0 Å². The Morgan fingerprint density at radius 3 is 2.66 bits per heavy atom. The van der Waals surface area contributed by atoms with E-state index < -0.39 is 30.4 Å². The number of carbonyl (C=O) groups is 1. The van der Waals surface area contributed by atoms with Crippen molar-refractivity contribution in [1.29, 1.82) is 0 Å². The van der Waals surface area contributed by atoms with Gasteiger partial charge in [0.2, 0.25) is 0 Å². The summed E-state index contributed by atoms with van der Waals surface area (Å²) in [4.78, 5) is 18.5. The van der Waals surface area contributed by atoms with Gasteiger partial charge in [0.25, 0.3) is 6.43 Å². The molecule has 0 spiro atoms. The molecule has 1 amide bonds. The molecule has 10 heteroatoms. The minimum atomic E-state index is -2.94. The monoisotopic (exact) mass is 412 g/mol. The van der Waals surface area contributed by atoms with Crippen LogP contribution in [-0.2, 0) is 0 Å². The van der Waals surface area contributed by atoms with Gasteiger partial charge in [-0.2, -0.15) is 0 Å². The summed E-state index contributed by atoms with van der Waals surface area (Å²) in [6.45, 7) is 2.63. The number of amides is 1. The first-order chi connectivity index (χ1) is 13.6. The van der Waals surface area contributed by atoms with E-state index in [9.17, 15) is 18.0 Å². The maximum absolute atomic E-state index is 13.5. The third-order valence-electron chi connectivity index (χ3n) is 3.98. The molecule has 1 unspecified atom stereocenters. The quantitative estimate of drug-likeness (QED) is 0.568. The lowest BCUT2D eigenvalue weighted by Gasteiger charge is -2.28. The number of ether oxygens (including phenoxy) is 1. The molecule has 0 saturated carbocycles. The number of anilines is 1. The number of halogens is 3. The fourth-order valence-corrected chi connectivity index (χ4v) is 2.86. The molecule has 0 aliphatic rings. The highest BCUT2D eigenvalue weighted by Crippen LogP contribution is 2.31. The smallest absolute Gasteiger partial charge is 0.410 e. The van der Waals surface area contributed by atoms with Gasteiger partial charge in [-0.25, -0.2) is 27.9 Å². The Morgan fingerprint density at radius 2 is 2.07 bits per heavy atom. The van der Waals surface area contributed by atoms with Crippen molar-refractivity contribution in [2.24, 2.45) is 11.7 Å². The zero-order valence-electron chi connectivity index (χ0n) is 16.0. The summed E-state index contributed by atoms with van der Waals surface area (Å²) in [5.74, 6) is -0.0521. The second kappa shape index (κ2) is 9.55. The molecule has 158 valence electrons. The zero-order valence-corrected chi connectivity index (χ0v) is 16.0. The van der Waals surface area contributed by atoms with Crippen molar-refractivity contribution in [1.82, 2.24) is 9.97 Å². The van der Waals surface area contributed by atoms with Crippen LogP contribution in [0.25, 0.3) is 11.3 Å². The molecule has 0 radical (unpaired) electrons. The SMILES string of the molecule is CC(C)CC(N)(CF)COc1ccc(-c2ccnc(NC(=O)O)c2)nc1C(F)F. The number of hydrogen-bond acceptors (Lipinski definition) is 5.